The number of carbonyl (C=O) groups is 2. The normalized spacial score (nSPS) is 14.6. The number of nitrogens with one attached hydrogen (secondary N) is 1. The standard InChI is InChI=1S/C20H23FN4O4/c1-2-29-20(28)13-9-11-25(12-10-13)17(26)8-7-16-19(27)22-18(24-23-16)14-5-3-4-6-15(14)21/h3-6,13H,2,7-12H2,1H3,(H,22,24,27). The van der Waals surface area contributed by atoms with E-state index in [1.165, 1.54) is 12.1 Å². The molecule has 1 fully saturated rings. The highest BCUT2D eigenvalue weighted by Crippen LogP contribution is 2.20. The molecule has 0 spiro atoms. The average Bonchev–Trinajstić information content (AvgIpc) is 2.73. The Morgan fingerprint density at radius 1 is 1.24 bits per heavy atom. The number of hydrogen-bond donors (Lipinski definition) is 1. The molecule has 1 aromatic carbocycles. The lowest BCUT2D eigenvalue weighted by atomic mass is 9.96. The summed E-state index contributed by atoms with van der Waals surface area (Å²) in [5.74, 6) is -0.947. The molecule has 1 aliphatic rings. The minimum Gasteiger partial charge on any atom is -0.466 e. The number of hydrogen-bond acceptors (Lipinski definition) is 6. The third-order valence-corrected chi connectivity index (χ3v) is 4.94. The number of ether oxygens (including phenoxy) is 1. The van der Waals surface area contributed by atoms with E-state index in [1.807, 2.05) is 0 Å². The Morgan fingerprint density at radius 3 is 2.62 bits per heavy atom. The van der Waals surface area contributed by atoms with Crippen molar-refractivity contribution in [1.82, 2.24) is 20.1 Å². The number of carbonyl (C=O) groups excluding carboxylic acids is 2. The van der Waals surface area contributed by atoms with Crippen LogP contribution in [0.5, 0.6) is 0 Å². The van der Waals surface area contributed by atoms with E-state index >= 15 is 0 Å². The lowest BCUT2D eigenvalue weighted by Gasteiger charge is -2.30. The molecule has 0 saturated carbocycles. The van der Waals surface area contributed by atoms with Crippen molar-refractivity contribution in [2.45, 2.75) is 32.6 Å². The first-order valence-corrected chi connectivity index (χ1v) is 9.64. The van der Waals surface area contributed by atoms with Crippen LogP contribution in [0.3, 0.4) is 0 Å². The summed E-state index contributed by atoms with van der Waals surface area (Å²) in [4.78, 5) is 40.6. The van der Waals surface area contributed by atoms with Crippen LogP contribution in [0.25, 0.3) is 11.4 Å². The second-order valence-electron chi connectivity index (χ2n) is 6.84. The quantitative estimate of drug-likeness (QED) is 0.738. The topological polar surface area (TPSA) is 105 Å². The van der Waals surface area contributed by atoms with Crippen LogP contribution >= 0.6 is 0 Å². The van der Waals surface area contributed by atoms with Crippen LogP contribution in [-0.2, 0) is 20.7 Å². The SMILES string of the molecule is CCOC(=O)C1CCN(C(=O)CCc2nnc(-c3ccccc3F)[nH]c2=O)CC1. The van der Waals surface area contributed by atoms with Gasteiger partial charge in [-0.1, -0.05) is 12.1 Å². The molecule has 0 radical (unpaired) electrons. The van der Waals surface area contributed by atoms with Gasteiger partial charge in [-0.2, -0.15) is 0 Å². The third kappa shape index (κ3) is 5.04. The lowest BCUT2D eigenvalue weighted by Crippen LogP contribution is -2.40. The van der Waals surface area contributed by atoms with Gasteiger partial charge >= 0.3 is 5.97 Å². The first-order valence-electron chi connectivity index (χ1n) is 9.64. The van der Waals surface area contributed by atoms with Crippen molar-refractivity contribution < 1.29 is 18.7 Å². The summed E-state index contributed by atoms with van der Waals surface area (Å²) >= 11 is 0. The number of aromatic nitrogens is 3. The maximum absolute atomic E-state index is 13.8. The molecule has 0 unspecified atom stereocenters. The van der Waals surface area contributed by atoms with Gasteiger partial charge in [-0.15, -0.1) is 10.2 Å². The number of piperidine rings is 1. The molecular formula is C20H23FN4O4. The van der Waals surface area contributed by atoms with Crippen molar-refractivity contribution in [2.24, 2.45) is 5.92 Å². The predicted molar refractivity (Wildman–Crippen MR) is 102 cm³/mol. The van der Waals surface area contributed by atoms with Crippen LogP contribution in [0.4, 0.5) is 4.39 Å². The van der Waals surface area contributed by atoms with Gasteiger partial charge in [0, 0.05) is 25.9 Å². The fourth-order valence-corrected chi connectivity index (χ4v) is 3.31. The maximum atomic E-state index is 13.8. The molecule has 9 heteroatoms. The molecule has 1 amide bonds. The number of aromatic amines is 1. The molecule has 1 aromatic heterocycles. The van der Waals surface area contributed by atoms with Crippen molar-refractivity contribution in [1.29, 1.82) is 0 Å². The van der Waals surface area contributed by atoms with Crippen molar-refractivity contribution in [3.63, 3.8) is 0 Å². The molecule has 0 bridgehead atoms. The van der Waals surface area contributed by atoms with Gasteiger partial charge in [-0.3, -0.25) is 14.4 Å². The summed E-state index contributed by atoms with van der Waals surface area (Å²) in [7, 11) is 0. The van der Waals surface area contributed by atoms with Gasteiger partial charge < -0.3 is 14.6 Å². The molecule has 3 rings (SSSR count). The number of H-pyrrole nitrogens is 1. The molecule has 2 heterocycles. The van der Waals surface area contributed by atoms with Gasteiger partial charge in [0.15, 0.2) is 5.82 Å². The second kappa shape index (κ2) is 9.40. The van der Waals surface area contributed by atoms with Crippen LogP contribution in [0.15, 0.2) is 29.1 Å². The predicted octanol–water partition coefficient (Wildman–Crippen LogP) is 1.71. The number of aryl methyl sites for hydroxylation is 1. The molecule has 1 N–H and O–H groups in total. The van der Waals surface area contributed by atoms with Crippen LogP contribution in [0.2, 0.25) is 0 Å². The summed E-state index contributed by atoms with van der Waals surface area (Å²) in [5, 5.41) is 7.76. The Bertz CT molecular complexity index is 938. The van der Waals surface area contributed by atoms with E-state index in [0.29, 0.717) is 32.5 Å². The molecule has 1 saturated heterocycles. The first kappa shape index (κ1) is 20.6. The molecule has 29 heavy (non-hydrogen) atoms. The van der Waals surface area contributed by atoms with E-state index in [0.717, 1.165) is 0 Å². The first-order chi connectivity index (χ1) is 14.0. The van der Waals surface area contributed by atoms with Crippen molar-refractivity contribution in [2.75, 3.05) is 19.7 Å². The summed E-state index contributed by atoms with van der Waals surface area (Å²) < 4.78 is 18.8. The molecular weight excluding hydrogens is 379 g/mol. The van der Waals surface area contributed by atoms with E-state index in [4.69, 9.17) is 4.74 Å². The third-order valence-electron chi connectivity index (χ3n) is 4.94. The fraction of sp³-hybridized carbons (Fsp3) is 0.450. The van der Waals surface area contributed by atoms with Crippen LogP contribution in [0.1, 0.15) is 31.9 Å². The van der Waals surface area contributed by atoms with E-state index < -0.39 is 11.4 Å². The largest absolute Gasteiger partial charge is 0.466 e. The molecule has 8 nitrogen and oxygen atoms in total. The summed E-state index contributed by atoms with van der Waals surface area (Å²) in [5.41, 5.74) is -0.212. The smallest absolute Gasteiger partial charge is 0.309 e. The Hall–Kier alpha value is -3.10. The van der Waals surface area contributed by atoms with Crippen molar-refractivity contribution in [3.05, 3.63) is 46.1 Å². The minimum absolute atomic E-state index is 0.0456. The van der Waals surface area contributed by atoms with Crippen molar-refractivity contribution in [3.8, 4) is 11.4 Å². The number of amides is 1. The van der Waals surface area contributed by atoms with E-state index in [-0.39, 0.29) is 47.7 Å². The Labute approximate surface area is 167 Å². The molecule has 2 aromatic rings. The van der Waals surface area contributed by atoms with Gasteiger partial charge in [-0.25, -0.2) is 4.39 Å². The maximum Gasteiger partial charge on any atom is 0.309 e. The summed E-state index contributed by atoms with van der Waals surface area (Å²) in [6.45, 7) is 3.08. The van der Waals surface area contributed by atoms with Gasteiger partial charge in [0.1, 0.15) is 11.5 Å². The average molecular weight is 402 g/mol. The fourth-order valence-electron chi connectivity index (χ4n) is 3.31. The van der Waals surface area contributed by atoms with E-state index in [9.17, 15) is 18.8 Å². The zero-order chi connectivity index (χ0) is 20.8. The summed E-state index contributed by atoms with van der Waals surface area (Å²) in [6.07, 6.45) is 1.39. The number of rotatable bonds is 6. The highest BCUT2D eigenvalue weighted by Gasteiger charge is 2.28. The zero-order valence-corrected chi connectivity index (χ0v) is 16.2. The number of nitrogens with zero attached hydrogens (tertiary/aromatic N) is 3. The highest BCUT2D eigenvalue weighted by atomic mass is 19.1. The molecule has 154 valence electrons. The van der Waals surface area contributed by atoms with E-state index in [1.54, 1.807) is 24.0 Å². The van der Waals surface area contributed by atoms with Gasteiger partial charge in [0.2, 0.25) is 5.91 Å². The van der Waals surface area contributed by atoms with Crippen LogP contribution < -0.4 is 5.56 Å². The number of halogens is 1. The molecule has 1 aliphatic heterocycles. The second-order valence-corrected chi connectivity index (χ2v) is 6.84. The Balaban J connectivity index is 1.55. The summed E-state index contributed by atoms with van der Waals surface area (Å²) in [6, 6.07) is 5.95. The lowest BCUT2D eigenvalue weighted by molar-refractivity contribution is -0.151. The van der Waals surface area contributed by atoms with Crippen LogP contribution in [-0.4, -0.2) is 51.7 Å². The van der Waals surface area contributed by atoms with Crippen molar-refractivity contribution >= 4 is 11.9 Å². The highest BCUT2D eigenvalue weighted by molar-refractivity contribution is 5.77. The van der Waals surface area contributed by atoms with Crippen LogP contribution in [0, 0.1) is 11.7 Å². The number of benzene rings is 1. The van der Waals surface area contributed by atoms with Gasteiger partial charge in [-0.05, 0) is 31.9 Å². The number of likely N-dealkylation sites (tertiary alicyclic amines) is 1. The minimum atomic E-state index is -0.508. The van der Waals surface area contributed by atoms with Gasteiger partial charge in [0.05, 0.1) is 18.1 Å². The molecule has 0 atom stereocenters. The number of esters is 1. The monoisotopic (exact) mass is 402 g/mol. The Morgan fingerprint density at radius 2 is 1.97 bits per heavy atom. The van der Waals surface area contributed by atoms with E-state index in [2.05, 4.69) is 15.2 Å². The van der Waals surface area contributed by atoms with Gasteiger partial charge in [0.25, 0.3) is 5.56 Å². The Kier molecular flexibility index (Phi) is 6.69. The molecule has 0 aliphatic carbocycles. The zero-order valence-electron chi connectivity index (χ0n) is 16.2.